The van der Waals surface area contributed by atoms with Crippen molar-refractivity contribution in [1.29, 1.82) is 0 Å². The molecule has 138 valence electrons. The average molecular weight is 362 g/mol. The van der Waals surface area contributed by atoms with Crippen LogP contribution in [-0.2, 0) is 0 Å². The summed E-state index contributed by atoms with van der Waals surface area (Å²) in [6.45, 7) is 3.88. The Bertz CT molecular complexity index is 881. The van der Waals surface area contributed by atoms with E-state index in [0.29, 0.717) is 22.9 Å². The van der Waals surface area contributed by atoms with Gasteiger partial charge < -0.3 is 20.1 Å². The third-order valence-corrected chi connectivity index (χ3v) is 3.57. The number of rotatable bonds is 6. The zero-order chi connectivity index (χ0) is 19.1. The molecule has 3 aromatic carbocycles. The van der Waals surface area contributed by atoms with Gasteiger partial charge in [0.1, 0.15) is 5.75 Å². The van der Waals surface area contributed by atoms with Crippen LogP contribution in [-0.4, -0.2) is 12.1 Å². The van der Waals surface area contributed by atoms with Crippen molar-refractivity contribution in [3.63, 3.8) is 0 Å². The summed E-state index contributed by atoms with van der Waals surface area (Å²) in [6, 6.07) is 23.7. The molecule has 0 radical (unpaired) electrons. The standard InChI is InChI=1S/C22H22N2O3/c1-16(2)26-21-15-18(24-22(25)23-17-9-5-3-6-10-17)13-14-20(21)27-19-11-7-4-8-12-19/h3-16H,1-2H3,(H2,23,24,25). The number of carbonyl (C=O) groups excluding carboxylic acids is 1. The van der Waals surface area contributed by atoms with Gasteiger partial charge in [0.15, 0.2) is 11.5 Å². The molecule has 0 spiro atoms. The third-order valence-electron chi connectivity index (χ3n) is 3.57. The van der Waals surface area contributed by atoms with Crippen LogP contribution >= 0.6 is 0 Å². The first kappa shape index (κ1) is 18.3. The predicted octanol–water partition coefficient (Wildman–Crippen LogP) is 5.91. The minimum atomic E-state index is -0.326. The Morgan fingerprint density at radius 3 is 2.07 bits per heavy atom. The molecule has 3 aromatic rings. The molecule has 0 saturated carbocycles. The van der Waals surface area contributed by atoms with Gasteiger partial charge in [-0.3, -0.25) is 0 Å². The molecule has 5 nitrogen and oxygen atoms in total. The number of para-hydroxylation sites is 2. The van der Waals surface area contributed by atoms with E-state index in [2.05, 4.69) is 10.6 Å². The molecule has 0 aromatic heterocycles. The fourth-order valence-corrected chi connectivity index (χ4v) is 2.45. The van der Waals surface area contributed by atoms with E-state index >= 15 is 0 Å². The topological polar surface area (TPSA) is 59.6 Å². The van der Waals surface area contributed by atoms with Crippen molar-refractivity contribution in [2.45, 2.75) is 20.0 Å². The summed E-state index contributed by atoms with van der Waals surface area (Å²) in [5, 5.41) is 5.59. The Hall–Kier alpha value is -3.47. The molecular formula is C22H22N2O3. The molecule has 0 aliphatic rings. The lowest BCUT2D eigenvalue weighted by Crippen LogP contribution is -2.19. The molecule has 0 fully saturated rings. The van der Waals surface area contributed by atoms with Crippen molar-refractivity contribution >= 4 is 17.4 Å². The highest BCUT2D eigenvalue weighted by Crippen LogP contribution is 2.34. The molecule has 5 heteroatoms. The lowest BCUT2D eigenvalue weighted by Gasteiger charge is -2.16. The summed E-state index contributed by atoms with van der Waals surface area (Å²) in [7, 11) is 0. The monoisotopic (exact) mass is 362 g/mol. The number of urea groups is 1. The van der Waals surface area contributed by atoms with Gasteiger partial charge >= 0.3 is 6.03 Å². The molecule has 0 aliphatic heterocycles. The number of nitrogens with one attached hydrogen (secondary N) is 2. The summed E-state index contributed by atoms with van der Waals surface area (Å²) < 4.78 is 11.8. The van der Waals surface area contributed by atoms with Crippen LogP contribution in [0.1, 0.15) is 13.8 Å². The van der Waals surface area contributed by atoms with Gasteiger partial charge in [0.25, 0.3) is 0 Å². The summed E-state index contributed by atoms with van der Waals surface area (Å²) in [4.78, 5) is 12.2. The number of ether oxygens (including phenoxy) is 2. The number of hydrogen-bond acceptors (Lipinski definition) is 3. The fourth-order valence-electron chi connectivity index (χ4n) is 2.45. The van der Waals surface area contributed by atoms with Crippen LogP contribution in [0.25, 0.3) is 0 Å². The van der Waals surface area contributed by atoms with Gasteiger partial charge in [-0.2, -0.15) is 0 Å². The second kappa shape index (κ2) is 8.76. The van der Waals surface area contributed by atoms with E-state index in [-0.39, 0.29) is 12.1 Å². The van der Waals surface area contributed by atoms with Gasteiger partial charge in [0.05, 0.1) is 6.10 Å². The Kier molecular flexibility index (Phi) is 5.94. The molecule has 0 bridgehead atoms. The Balaban J connectivity index is 1.75. The van der Waals surface area contributed by atoms with Crippen molar-refractivity contribution in [2.24, 2.45) is 0 Å². The maximum atomic E-state index is 12.2. The van der Waals surface area contributed by atoms with Crippen LogP contribution < -0.4 is 20.1 Å². The van der Waals surface area contributed by atoms with Gasteiger partial charge in [-0.1, -0.05) is 36.4 Å². The van der Waals surface area contributed by atoms with Crippen molar-refractivity contribution in [2.75, 3.05) is 10.6 Å². The second-order valence-corrected chi connectivity index (χ2v) is 6.19. The van der Waals surface area contributed by atoms with E-state index in [1.807, 2.05) is 74.5 Å². The van der Waals surface area contributed by atoms with Crippen molar-refractivity contribution in [3.8, 4) is 17.2 Å². The quantitative estimate of drug-likeness (QED) is 0.573. The maximum Gasteiger partial charge on any atom is 0.323 e. The molecule has 0 unspecified atom stereocenters. The highest BCUT2D eigenvalue weighted by atomic mass is 16.5. The first-order chi connectivity index (χ1) is 13.1. The molecule has 3 rings (SSSR count). The van der Waals surface area contributed by atoms with Crippen LogP contribution in [0, 0.1) is 0 Å². The number of hydrogen-bond donors (Lipinski definition) is 2. The van der Waals surface area contributed by atoms with Gasteiger partial charge in [-0.05, 0) is 50.2 Å². The van der Waals surface area contributed by atoms with Crippen LogP contribution in [0.15, 0.2) is 78.9 Å². The highest BCUT2D eigenvalue weighted by Gasteiger charge is 2.11. The fraction of sp³-hybridized carbons (Fsp3) is 0.136. The summed E-state index contributed by atoms with van der Waals surface area (Å²) in [5.41, 5.74) is 1.33. The Labute approximate surface area is 158 Å². The first-order valence-corrected chi connectivity index (χ1v) is 8.77. The second-order valence-electron chi connectivity index (χ2n) is 6.19. The predicted molar refractivity (Wildman–Crippen MR) is 108 cm³/mol. The number of benzene rings is 3. The van der Waals surface area contributed by atoms with Gasteiger partial charge in [0, 0.05) is 17.4 Å². The molecule has 0 aliphatic carbocycles. The SMILES string of the molecule is CC(C)Oc1cc(NC(=O)Nc2ccccc2)ccc1Oc1ccccc1. The molecule has 0 atom stereocenters. The van der Waals surface area contributed by atoms with E-state index < -0.39 is 0 Å². The lowest BCUT2D eigenvalue weighted by atomic mass is 10.2. The number of anilines is 2. The Morgan fingerprint density at radius 1 is 0.778 bits per heavy atom. The number of carbonyl (C=O) groups is 1. The van der Waals surface area contributed by atoms with Gasteiger partial charge in [0.2, 0.25) is 0 Å². The molecule has 2 N–H and O–H groups in total. The van der Waals surface area contributed by atoms with E-state index in [9.17, 15) is 4.79 Å². The highest BCUT2D eigenvalue weighted by molar-refractivity contribution is 5.99. The molecule has 2 amide bonds. The molecule has 0 saturated heterocycles. The van der Waals surface area contributed by atoms with E-state index in [4.69, 9.17) is 9.47 Å². The van der Waals surface area contributed by atoms with Crippen LogP contribution in [0.2, 0.25) is 0 Å². The van der Waals surface area contributed by atoms with Crippen LogP contribution in [0.3, 0.4) is 0 Å². The number of amides is 2. The lowest BCUT2D eigenvalue weighted by molar-refractivity contribution is 0.233. The maximum absolute atomic E-state index is 12.2. The van der Waals surface area contributed by atoms with Gasteiger partial charge in [-0.15, -0.1) is 0 Å². The van der Waals surface area contributed by atoms with E-state index in [0.717, 1.165) is 5.69 Å². The summed E-state index contributed by atoms with van der Waals surface area (Å²) in [5.74, 6) is 1.86. The molecular weight excluding hydrogens is 340 g/mol. The largest absolute Gasteiger partial charge is 0.487 e. The van der Waals surface area contributed by atoms with Crippen molar-refractivity contribution in [3.05, 3.63) is 78.9 Å². The van der Waals surface area contributed by atoms with E-state index in [1.165, 1.54) is 0 Å². The zero-order valence-electron chi connectivity index (χ0n) is 15.3. The first-order valence-electron chi connectivity index (χ1n) is 8.77. The summed E-state index contributed by atoms with van der Waals surface area (Å²) >= 11 is 0. The van der Waals surface area contributed by atoms with Crippen LogP contribution in [0.4, 0.5) is 16.2 Å². The van der Waals surface area contributed by atoms with E-state index in [1.54, 1.807) is 18.2 Å². The minimum Gasteiger partial charge on any atom is -0.487 e. The molecule has 27 heavy (non-hydrogen) atoms. The normalized spacial score (nSPS) is 10.3. The Morgan fingerprint density at radius 2 is 1.41 bits per heavy atom. The minimum absolute atomic E-state index is 0.0310. The smallest absolute Gasteiger partial charge is 0.323 e. The van der Waals surface area contributed by atoms with Crippen molar-refractivity contribution in [1.82, 2.24) is 0 Å². The third kappa shape index (κ3) is 5.51. The van der Waals surface area contributed by atoms with Crippen molar-refractivity contribution < 1.29 is 14.3 Å². The van der Waals surface area contributed by atoms with Crippen LogP contribution in [0.5, 0.6) is 17.2 Å². The average Bonchev–Trinajstić information content (AvgIpc) is 2.65. The molecule has 0 heterocycles. The summed E-state index contributed by atoms with van der Waals surface area (Å²) in [6.07, 6.45) is -0.0310. The van der Waals surface area contributed by atoms with Gasteiger partial charge in [-0.25, -0.2) is 4.79 Å². The zero-order valence-corrected chi connectivity index (χ0v) is 15.3.